The lowest BCUT2D eigenvalue weighted by molar-refractivity contribution is 0.105. The highest BCUT2D eigenvalue weighted by molar-refractivity contribution is 5.22. The first-order chi connectivity index (χ1) is 8.59. The fourth-order valence-electron chi connectivity index (χ4n) is 2.40. The normalized spacial score (nSPS) is 25.3. The van der Waals surface area contributed by atoms with Crippen molar-refractivity contribution in [1.82, 2.24) is 5.32 Å². The largest absolute Gasteiger partial charge is 0.378 e. The molecule has 0 amide bonds. The predicted molar refractivity (Wildman–Crippen MR) is 66.3 cm³/mol. The highest BCUT2D eigenvalue weighted by Gasteiger charge is 2.25. The Balaban J connectivity index is 1.97. The van der Waals surface area contributed by atoms with E-state index >= 15 is 0 Å². The van der Waals surface area contributed by atoms with Crippen molar-refractivity contribution in [3.63, 3.8) is 0 Å². The molecule has 0 aliphatic carbocycles. The molecular formula is C14H19F2NO. The Labute approximate surface area is 106 Å². The number of rotatable bonds is 4. The van der Waals surface area contributed by atoms with Crippen LogP contribution in [-0.2, 0) is 4.74 Å². The minimum atomic E-state index is -0.495. The fraction of sp³-hybridized carbons (Fsp3) is 0.571. The van der Waals surface area contributed by atoms with Crippen molar-refractivity contribution in [3.8, 4) is 0 Å². The lowest BCUT2D eigenvalue weighted by Gasteiger charge is -2.20. The zero-order valence-electron chi connectivity index (χ0n) is 10.7. The summed E-state index contributed by atoms with van der Waals surface area (Å²) in [5.41, 5.74) is 0.115. The summed E-state index contributed by atoms with van der Waals surface area (Å²) in [4.78, 5) is 0. The summed E-state index contributed by atoms with van der Waals surface area (Å²) in [6, 6.07) is 3.63. The number of benzene rings is 1. The van der Waals surface area contributed by atoms with E-state index in [9.17, 15) is 8.78 Å². The highest BCUT2D eigenvalue weighted by atomic mass is 19.1. The Kier molecular flexibility index (Phi) is 4.30. The molecule has 2 rings (SSSR count). The van der Waals surface area contributed by atoms with Gasteiger partial charge in [-0.1, -0.05) is 6.07 Å². The van der Waals surface area contributed by atoms with Crippen LogP contribution in [0, 0.1) is 17.6 Å². The average Bonchev–Trinajstić information content (AvgIpc) is 2.72. The summed E-state index contributed by atoms with van der Waals surface area (Å²) in [6.07, 6.45) is 1.22. The third kappa shape index (κ3) is 2.87. The molecule has 18 heavy (non-hydrogen) atoms. The summed E-state index contributed by atoms with van der Waals surface area (Å²) in [6.45, 7) is 5.31. The van der Waals surface area contributed by atoms with Gasteiger partial charge in [-0.05, 0) is 38.3 Å². The maximum Gasteiger partial charge on any atom is 0.130 e. The zero-order valence-corrected chi connectivity index (χ0v) is 10.7. The SMILES string of the molecule is CC(NCC1CCOC1C)c1c(F)cccc1F. The molecule has 3 unspecified atom stereocenters. The molecular weight excluding hydrogens is 236 g/mol. The van der Waals surface area contributed by atoms with Gasteiger partial charge in [0, 0.05) is 24.8 Å². The van der Waals surface area contributed by atoms with Gasteiger partial charge >= 0.3 is 0 Å². The summed E-state index contributed by atoms with van der Waals surface area (Å²) in [5.74, 6) is -0.571. The summed E-state index contributed by atoms with van der Waals surface area (Å²) in [7, 11) is 0. The monoisotopic (exact) mass is 255 g/mol. The Morgan fingerprint density at radius 3 is 2.61 bits per heavy atom. The van der Waals surface area contributed by atoms with Crippen LogP contribution >= 0.6 is 0 Å². The van der Waals surface area contributed by atoms with E-state index < -0.39 is 11.6 Å². The van der Waals surface area contributed by atoms with E-state index in [1.807, 2.05) is 6.92 Å². The average molecular weight is 255 g/mol. The predicted octanol–water partition coefficient (Wildman–Crippen LogP) is 3.04. The van der Waals surface area contributed by atoms with Crippen LogP contribution in [0.4, 0.5) is 8.78 Å². The van der Waals surface area contributed by atoms with Crippen LogP contribution in [0.25, 0.3) is 0 Å². The van der Waals surface area contributed by atoms with Gasteiger partial charge in [-0.3, -0.25) is 0 Å². The smallest absolute Gasteiger partial charge is 0.130 e. The fourth-order valence-corrected chi connectivity index (χ4v) is 2.40. The van der Waals surface area contributed by atoms with Gasteiger partial charge in [0.15, 0.2) is 0 Å². The van der Waals surface area contributed by atoms with Gasteiger partial charge in [0.1, 0.15) is 11.6 Å². The third-order valence-electron chi connectivity index (χ3n) is 3.65. The molecule has 1 N–H and O–H groups in total. The summed E-state index contributed by atoms with van der Waals surface area (Å²) >= 11 is 0. The molecule has 0 spiro atoms. The molecule has 1 aromatic rings. The van der Waals surface area contributed by atoms with Crippen molar-refractivity contribution >= 4 is 0 Å². The molecule has 3 atom stereocenters. The Hall–Kier alpha value is -1.00. The van der Waals surface area contributed by atoms with E-state index in [0.29, 0.717) is 5.92 Å². The molecule has 100 valence electrons. The first kappa shape index (κ1) is 13.4. The van der Waals surface area contributed by atoms with Gasteiger partial charge in [0.25, 0.3) is 0 Å². The highest BCUT2D eigenvalue weighted by Crippen LogP contribution is 2.23. The Bertz CT molecular complexity index is 391. The lowest BCUT2D eigenvalue weighted by atomic mass is 10.0. The van der Waals surface area contributed by atoms with Crippen LogP contribution in [0.15, 0.2) is 18.2 Å². The van der Waals surface area contributed by atoms with Gasteiger partial charge in [-0.15, -0.1) is 0 Å². The Morgan fingerprint density at radius 2 is 2.06 bits per heavy atom. The summed E-state index contributed by atoms with van der Waals surface area (Å²) < 4.78 is 32.6. The summed E-state index contributed by atoms with van der Waals surface area (Å²) in [5, 5.41) is 3.19. The zero-order chi connectivity index (χ0) is 13.1. The van der Waals surface area contributed by atoms with Gasteiger partial charge < -0.3 is 10.1 Å². The number of nitrogens with one attached hydrogen (secondary N) is 1. The lowest BCUT2D eigenvalue weighted by Crippen LogP contribution is -2.30. The van der Waals surface area contributed by atoms with E-state index in [1.54, 1.807) is 6.92 Å². The van der Waals surface area contributed by atoms with Crippen molar-refractivity contribution < 1.29 is 13.5 Å². The molecule has 1 aliphatic rings. The van der Waals surface area contributed by atoms with Crippen LogP contribution in [0.2, 0.25) is 0 Å². The van der Waals surface area contributed by atoms with Crippen LogP contribution in [0.3, 0.4) is 0 Å². The number of hydrogen-bond donors (Lipinski definition) is 1. The first-order valence-electron chi connectivity index (χ1n) is 6.38. The van der Waals surface area contributed by atoms with E-state index in [2.05, 4.69) is 5.32 Å². The standard InChI is InChI=1S/C14H19F2NO/c1-9(14-12(15)4-3-5-13(14)16)17-8-11-6-7-18-10(11)2/h3-5,9-11,17H,6-8H2,1-2H3. The molecule has 0 radical (unpaired) electrons. The second-order valence-corrected chi connectivity index (χ2v) is 4.89. The number of ether oxygens (including phenoxy) is 1. The topological polar surface area (TPSA) is 21.3 Å². The molecule has 0 aromatic heterocycles. The minimum absolute atomic E-state index is 0.115. The van der Waals surface area contributed by atoms with E-state index in [-0.39, 0.29) is 17.7 Å². The van der Waals surface area contributed by atoms with Crippen molar-refractivity contribution in [3.05, 3.63) is 35.4 Å². The second kappa shape index (κ2) is 5.76. The molecule has 1 fully saturated rings. The van der Waals surface area contributed by atoms with E-state index in [4.69, 9.17) is 4.74 Å². The molecule has 1 heterocycles. The van der Waals surface area contributed by atoms with E-state index in [0.717, 1.165) is 19.6 Å². The molecule has 2 nitrogen and oxygen atoms in total. The molecule has 1 aliphatic heterocycles. The van der Waals surface area contributed by atoms with Gasteiger partial charge in [-0.25, -0.2) is 8.78 Å². The molecule has 4 heteroatoms. The van der Waals surface area contributed by atoms with Gasteiger partial charge in [-0.2, -0.15) is 0 Å². The van der Waals surface area contributed by atoms with Crippen molar-refractivity contribution in [1.29, 1.82) is 0 Å². The van der Waals surface area contributed by atoms with Crippen molar-refractivity contribution in [2.45, 2.75) is 32.4 Å². The van der Waals surface area contributed by atoms with Crippen LogP contribution in [0.5, 0.6) is 0 Å². The van der Waals surface area contributed by atoms with E-state index in [1.165, 1.54) is 18.2 Å². The van der Waals surface area contributed by atoms with Crippen molar-refractivity contribution in [2.75, 3.05) is 13.2 Å². The Morgan fingerprint density at radius 1 is 1.39 bits per heavy atom. The maximum atomic E-state index is 13.6. The molecule has 1 saturated heterocycles. The second-order valence-electron chi connectivity index (χ2n) is 4.89. The first-order valence-corrected chi connectivity index (χ1v) is 6.38. The maximum absolute atomic E-state index is 13.6. The van der Waals surface area contributed by atoms with Gasteiger partial charge in [0.05, 0.1) is 6.10 Å². The molecule has 0 bridgehead atoms. The van der Waals surface area contributed by atoms with Gasteiger partial charge in [0.2, 0.25) is 0 Å². The molecule has 1 aromatic carbocycles. The quantitative estimate of drug-likeness (QED) is 0.893. The third-order valence-corrected chi connectivity index (χ3v) is 3.65. The number of hydrogen-bond acceptors (Lipinski definition) is 2. The minimum Gasteiger partial charge on any atom is -0.378 e. The molecule has 0 saturated carbocycles. The van der Waals surface area contributed by atoms with Crippen LogP contribution in [-0.4, -0.2) is 19.3 Å². The van der Waals surface area contributed by atoms with Crippen LogP contribution < -0.4 is 5.32 Å². The number of halogens is 2. The van der Waals surface area contributed by atoms with Crippen molar-refractivity contribution in [2.24, 2.45) is 5.92 Å². The van der Waals surface area contributed by atoms with Crippen LogP contribution in [0.1, 0.15) is 31.9 Å².